The zero-order valence-corrected chi connectivity index (χ0v) is 5.87. The average molecular weight is 129 g/mol. The van der Waals surface area contributed by atoms with Crippen LogP contribution >= 0.6 is 11.8 Å². The topological polar surface area (TPSA) is 26.0 Å². The van der Waals surface area contributed by atoms with Gasteiger partial charge in [0.15, 0.2) is 0 Å². The molecular formula is C6H11NS. The van der Waals surface area contributed by atoms with E-state index in [4.69, 9.17) is 5.73 Å². The zero-order valence-electron chi connectivity index (χ0n) is 5.05. The quantitative estimate of drug-likeness (QED) is 0.628. The molecule has 0 rings (SSSR count). The maximum Gasteiger partial charge on any atom is 0.0236 e. The van der Waals surface area contributed by atoms with Crippen LogP contribution in [-0.2, 0) is 0 Å². The highest BCUT2D eigenvalue weighted by atomic mass is 32.2. The summed E-state index contributed by atoms with van der Waals surface area (Å²) in [5, 5.41) is 1.97. The van der Waals surface area contributed by atoms with Gasteiger partial charge in [0.1, 0.15) is 0 Å². The first kappa shape index (κ1) is 7.79. The normalized spacial score (nSPS) is 10.2. The van der Waals surface area contributed by atoms with Gasteiger partial charge in [-0.25, -0.2) is 0 Å². The Balaban J connectivity index is 3.25. The van der Waals surface area contributed by atoms with Crippen molar-refractivity contribution in [1.82, 2.24) is 0 Å². The number of thioether (sulfide) groups is 1. The Bertz CT molecular complexity index is 96.7. The maximum atomic E-state index is 5.26. The van der Waals surface area contributed by atoms with Crippen molar-refractivity contribution in [3.63, 3.8) is 0 Å². The second-order valence-electron chi connectivity index (χ2n) is 1.33. The smallest absolute Gasteiger partial charge is 0.0236 e. The summed E-state index contributed by atoms with van der Waals surface area (Å²) >= 11 is 1.58. The predicted molar refractivity (Wildman–Crippen MR) is 40.6 cm³/mol. The molecule has 1 nitrogen and oxygen atoms in total. The van der Waals surface area contributed by atoms with Crippen molar-refractivity contribution in [2.45, 2.75) is 6.92 Å². The fourth-order valence-electron chi connectivity index (χ4n) is 0.212. The number of hydrogen-bond donors (Lipinski definition) is 1. The number of rotatable bonds is 3. The van der Waals surface area contributed by atoms with E-state index in [1.165, 1.54) is 0 Å². The molecule has 0 atom stereocenters. The summed E-state index contributed by atoms with van der Waals surface area (Å²) < 4.78 is 0. The molecule has 0 aromatic rings. The molecule has 0 spiro atoms. The Hall–Kier alpha value is -0.210. The largest absolute Gasteiger partial charge is 0.326 e. The lowest BCUT2D eigenvalue weighted by Gasteiger charge is -1.91. The van der Waals surface area contributed by atoms with Gasteiger partial charge in [0.2, 0.25) is 0 Å². The van der Waals surface area contributed by atoms with E-state index in [1.807, 2.05) is 18.4 Å². The lowest BCUT2D eigenvalue weighted by molar-refractivity contribution is 1.24. The average Bonchev–Trinajstić information content (AvgIpc) is 1.83. The lowest BCUT2D eigenvalue weighted by Crippen LogP contribution is -1.97. The highest BCUT2D eigenvalue weighted by Gasteiger charge is 1.82. The summed E-state index contributed by atoms with van der Waals surface area (Å²) in [5.41, 5.74) is 5.26. The summed E-state index contributed by atoms with van der Waals surface area (Å²) in [6, 6.07) is 0. The van der Waals surface area contributed by atoms with Gasteiger partial charge in [-0.15, -0.1) is 11.8 Å². The molecule has 0 amide bonds. The SMILES string of the molecule is C=C(CN)S/C=C\C. The first-order valence-corrected chi connectivity index (χ1v) is 3.35. The van der Waals surface area contributed by atoms with Crippen LogP contribution in [0, 0.1) is 0 Å². The second kappa shape index (κ2) is 4.94. The van der Waals surface area contributed by atoms with Crippen LogP contribution in [0.3, 0.4) is 0 Å². The Morgan fingerprint density at radius 1 is 1.88 bits per heavy atom. The Morgan fingerprint density at radius 3 is 2.88 bits per heavy atom. The van der Waals surface area contributed by atoms with Gasteiger partial charge in [0, 0.05) is 6.54 Å². The Morgan fingerprint density at radius 2 is 2.50 bits per heavy atom. The van der Waals surface area contributed by atoms with Crippen molar-refractivity contribution in [3.05, 3.63) is 23.0 Å². The number of allylic oxidation sites excluding steroid dienone is 1. The van der Waals surface area contributed by atoms with Crippen LogP contribution in [0.15, 0.2) is 23.0 Å². The highest BCUT2D eigenvalue weighted by Crippen LogP contribution is 2.11. The van der Waals surface area contributed by atoms with Crippen LogP contribution in [0.25, 0.3) is 0 Å². The molecular weight excluding hydrogens is 118 g/mol. The van der Waals surface area contributed by atoms with Gasteiger partial charge >= 0.3 is 0 Å². The molecule has 0 unspecified atom stereocenters. The summed E-state index contributed by atoms with van der Waals surface area (Å²) in [6.45, 7) is 6.23. The van der Waals surface area contributed by atoms with Crippen molar-refractivity contribution < 1.29 is 0 Å². The molecule has 0 radical (unpaired) electrons. The van der Waals surface area contributed by atoms with Crippen molar-refractivity contribution in [1.29, 1.82) is 0 Å². The minimum absolute atomic E-state index is 0.564. The lowest BCUT2D eigenvalue weighted by atomic mass is 10.7. The first-order chi connectivity index (χ1) is 3.81. The van der Waals surface area contributed by atoms with Gasteiger partial charge in [-0.3, -0.25) is 0 Å². The third-order valence-electron chi connectivity index (χ3n) is 0.598. The third-order valence-corrected chi connectivity index (χ3v) is 1.51. The van der Waals surface area contributed by atoms with Crippen molar-refractivity contribution >= 4 is 11.8 Å². The number of nitrogens with two attached hydrogens (primary N) is 1. The van der Waals surface area contributed by atoms with Gasteiger partial charge in [-0.1, -0.05) is 12.7 Å². The van der Waals surface area contributed by atoms with Gasteiger partial charge in [0.25, 0.3) is 0 Å². The maximum absolute atomic E-state index is 5.26. The summed E-state index contributed by atoms with van der Waals surface area (Å²) in [5.74, 6) is 0. The minimum Gasteiger partial charge on any atom is -0.326 e. The van der Waals surface area contributed by atoms with E-state index in [0.29, 0.717) is 6.54 Å². The summed E-state index contributed by atoms with van der Waals surface area (Å²) in [4.78, 5) is 1.00. The van der Waals surface area contributed by atoms with Gasteiger partial charge < -0.3 is 5.73 Å². The zero-order chi connectivity index (χ0) is 6.41. The van der Waals surface area contributed by atoms with Crippen molar-refractivity contribution in [3.8, 4) is 0 Å². The molecule has 0 aromatic heterocycles. The molecule has 0 saturated carbocycles. The molecule has 0 aliphatic heterocycles. The summed E-state index contributed by atoms with van der Waals surface area (Å²) in [6.07, 6.45) is 1.96. The van der Waals surface area contributed by atoms with E-state index in [0.717, 1.165) is 4.91 Å². The van der Waals surface area contributed by atoms with E-state index in [-0.39, 0.29) is 0 Å². The van der Waals surface area contributed by atoms with Crippen molar-refractivity contribution in [2.24, 2.45) is 5.73 Å². The predicted octanol–water partition coefficient (Wildman–Crippen LogP) is 1.73. The van der Waals surface area contributed by atoms with Gasteiger partial charge in [0.05, 0.1) is 0 Å². The molecule has 0 aromatic carbocycles. The number of hydrogen-bond acceptors (Lipinski definition) is 2. The van der Waals surface area contributed by atoms with E-state index in [2.05, 4.69) is 6.58 Å². The van der Waals surface area contributed by atoms with Gasteiger partial charge in [-0.2, -0.15) is 0 Å². The van der Waals surface area contributed by atoms with Crippen LogP contribution in [0.5, 0.6) is 0 Å². The molecule has 0 bridgehead atoms. The monoisotopic (exact) mass is 129 g/mol. The molecule has 46 valence electrons. The molecule has 0 aliphatic rings. The van der Waals surface area contributed by atoms with Gasteiger partial charge in [-0.05, 0) is 17.2 Å². The van der Waals surface area contributed by atoms with Crippen LogP contribution in [0.2, 0.25) is 0 Å². The molecule has 0 aliphatic carbocycles. The molecule has 2 heteroatoms. The fourth-order valence-corrected chi connectivity index (χ4v) is 0.637. The highest BCUT2D eigenvalue weighted by molar-refractivity contribution is 8.05. The Labute approximate surface area is 54.6 Å². The molecule has 8 heavy (non-hydrogen) atoms. The second-order valence-corrected chi connectivity index (χ2v) is 2.42. The fraction of sp³-hybridized carbons (Fsp3) is 0.333. The van der Waals surface area contributed by atoms with Crippen LogP contribution < -0.4 is 5.73 Å². The molecule has 0 saturated heterocycles. The summed E-state index contributed by atoms with van der Waals surface area (Å²) in [7, 11) is 0. The minimum atomic E-state index is 0.564. The van der Waals surface area contributed by atoms with Crippen LogP contribution in [-0.4, -0.2) is 6.54 Å². The third kappa shape index (κ3) is 3.96. The Kier molecular flexibility index (Phi) is 4.81. The first-order valence-electron chi connectivity index (χ1n) is 2.47. The van der Waals surface area contributed by atoms with Crippen molar-refractivity contribution in [2.75, 3.05) is 6.54 Å². The molecule has 0 fully saturated rings. The van der Waals surface area contributed by atoms with E-state index in [9.17, 15) is 0 Å². The van der Waals surface area contributed by atoms with Crippen LogP contribution in [0.1, 0.15) is 6.92 Å². The van der Waals surface area contributed by atoms with E-state index in [1.54, 1.807) is 11.8 Å². The van der Waals surface area contributed by atoms with E-state index >= 15 is 0 Å². The van der Waals surface area contributed by atoms with Crippen LogP contribution in [0.4, 0.5) is 0 Å². The molecule has 0 heterocycles. The standard InChI is InChI=1S/C6H11NS/c1-3-4-8-6(2)5-7/h3-4H,2,5,7H2,1H3/b4-3-. The van der Waals surface area contributed by atoms with E-state index < -0.39 is 0 Å². The molecule has 2 N–H and O–H groups in total.